The van der Waals surface area contributed by atoms with Crippen molar-refractivity contribution < 1.29 is 18.7 Å². The van der Waals surface area contributed by atoms with Crippen LogP contribution in [0.25, 0.3) is 0 Å². The number of nitrogens with zero attached hydrogens (tertiary/aromatic N) is 4. The lowest BCUT2D eigenvalue weighted by molar-refractivity contribution is 0.0638. The zero-order chi connectivity index (χ0) is 25.2. The Labute approximate surface area is 209 Å². The molecule has 1 aromatic carbocycles. The Morgan fingerprint density at radius 2 is 1.92 bits per heavy atom. The van der Waals surface area contributed by atoms with Crippen LogP contribution in [0.5, 0.6) is 0 Å². The molecule has 1 aliphatic carbocycles. The van der Waals surface area contributed by atoms with Crippen LogP contribution in [0.4, 0.5) is 4.39 Å². The van der Waals surface area contributed by atoms with Crippen LogP contribution in [0.2, 0.25) is 0 Å². The van der Waals surface area contributed by atoms with Gasteiger partial charge in [-0.15, -0.1) is 0 Å². The molecule has 2 unspecified atom stereocenters. The second kappa shape index (κ2) is 10.2. The Morgan fingerprint density at radius 3 is 2.61 bits per heavy atom. The van der Waals surface area contributed by atoms with Crippen molar-refractivity contribution in [3.8, 4) is 0 Å². The van der Waals surface area contributed by atoms with E-state index in [4.69, 9.17) is 4.74 Å². The largest absolute Gasteiger partial charge is 0.373 e. The van der Waals surface area contributed by atoms with Crippen molar-refractivity contribution >= 4 is 11.8 Å². The highest BCUT2D eigenvalue weighted by Gasteiger charge is 2.35. The Hall–Kier alpha value is -3.59. The number of carbonyl (C=O) groups excluding carboxylic acids is 2. The van der Waals surface area contributed by atoms with Gasteiger partial charge in [0.05, 0.1) is 36.6 Å². The molecule has 0 spiro atoms. The summed E-state index contributed by atoms with van der Waals surface area (Å²) in [5, 5.41) is 2.99. The minimum absolute atomic E-state index is 0.151. The molecule has 1 saturated carbocycles. The highest BCUT2D eigenvalue weighted by atomic mass is 19.1. The summed E-state index contributed by atoms with van der Waals surface area (Å²) in [5.74, 6) is 0.284. The van der Waals surface area contributed by atoms with E-state index in [0.29, 0.717) is 48.4 Å². The maximum Gasteiger partial charge on any atom is 0.268 e. The zero-order valence-electron chi connectivity index (χ0n) is 20.5. The van der Waals surface area contributed by atoms with Crippen LogP contribution >= 0.6 is 0 Å². The Morgan fingerprint density at radius 1 is 1.19 bits per heavy atom. The molecule has 9 heteroatoms. The number of amides is 2. The summed E-state index contributed by atoms with van der Waals surface area (Å²) in [7, 11) is 0. The van der Waals surface area contributed by atoms with Gasteiger partial charge in [0.15, 0.2) is 0 Å². The molecule has 0 saturated heterocycles. The normalized spacial score (nSPS) is 16.6. The summed E-state index contributed by atoms with van der Waals surface area (Å²) in [6.45, 7) is 5.60. The van der Waals surface area contributed by atoms with E-state index in [1.807, 2.05) is 23.3 Å². The van der Waals surface area contributed by atoms with Crippen LogP contribution in [0.1, 0.15) is 76.7 Å². The summed E-state index contributed by atoms with van der Waals surface area (Å²) >= 11 is 0. The summed E-state index contributed by atoms with van der Waals surface area (Å²) in [6.07, 6.45) is 5.55. The molecule has 2 aromatic heterocycles. The Bertz CT molecular complexity index is 1240. The summed E-state index contributed by atoms with van der Waals surface area (Å²) in [4.78, 5) is 37.8. The number of rotatable bonds is 8. The number of aromatic nitrogens is 3. The van der Waals surface area contributed by atoms with Crippen LogP contribution in [0.15, 0.2) is 48.8 Å². The van der Waals surface area contributed by atoms with E-state index < -0.39 is 0 Å². The van der Waals surface area contributed by atoms with Crippen molar-refractivity contribution in [2.75, 3.05) is 13.2 Å². The molecular weight excluding hydrogens is 461 g/mol. The number of nitrogens with one attached hydrogen (secondary N) is 1. The van der Waals surface area contributed by atoms with Gasteiger partial charge < -0.3 is 19.5 Å². The molecule has 2 atom stereocenters. The maximum absolute atomic E-state index is 13.9. The second-order valence-corrected chi connectivity index (χ2v) is 9.52. The summed E-state index contributed by atoms with van der Waals surface area (Å²) in [5.41, 5.74) is 2.38. The van der Waals surface area contributed by atoms with Crippen molar-refractivity contribution in [1.82, 2.24) is 24.8 Å². The monoisotopic (exact) mass is 491 g/mol. The van der Waals surface area contributed by atoms with E-state index in [1.54, 1.807) is 36.7 Å². The Balaban J connectivity index is 1.43. The highest BCUT2D eigenvalue weighted by Crippen LogP contribution is 2.34. The maximum atomic E-state index is 13.9. The predicted octanol–water partition coefficient (Wildman–Crippen LogP) is 4.05. The summed E-state index contributed by atoms with van der Waals surface area (Å²) < 4.78 is 20.9. The quantitative estimate of drug-likeness (QED) is 0.514. The van der Waals surface area contributed by atoms with Crippen molar-refractivity contribution in [1.29, 1.82) is 0 Å². The van der Waals surface area contributed by atoms with E-state index >= 15 is 0 Å². The van der Waals surface area contributed by atoms with Gasteiger partial charge in [0.25, 0.3) is 11.8 Å². The van der Waals surface area contributed by atoms with E-state index in [1.165, 1.54) is 12.1 Å². The lowest BCUT2D eigenvalue weighted by Crippen LogP contribution is -2.36. The highest BCUT2D eigenvalue weighted by molar-refractivity contribution is 6.01. The van der Waals surface area contributed by atoms with Crippen LogP contribution in [0, 0.1) is 11.7 Å². The molecule has 3 aromatic rings. The zero-order valence-corrected chi connectivity index (χ0v) is 20.5. The molecule has 5 rings (SSSR count). The molecule has 2 amide bonds. The molecule has 3 heterocycles. The van der Waals surface area contributed by atoms with Crippen molar-refractivity contribution in [3.05, 3.63) is 82.9 Å². The third kappa shape index (κ3) is 5.02. The average molecular weight is 492 g/mol. The van der Waals surface area contributed by atoms with Crippen LogP contribution < -0.4 is 5.32 Å². The minimum atomic E-state index is -0.329. The van der Waals surface area contributed by atoms with E-state index in [9.17, 15) is 14.0 Å². The lowest BCUT2D eigenvalue weighted by atomic mass is 10.1. The van der Waals surface area contributed by atoms with Crippen LogP contribution in [-0.2, 0) is 17.9 Å². The first kappa shape index (κ1) is 24.1. The van der Waals surface area contributed by atoms with E-state index in [2.05, 4.69) is 15.3 Å². The fourth-order valence-electron chi connectivity index (χ4n) is 4.62. The number of benzene rings is 1. The average Bonchev–Trinajstić information content (AvgIpc) is 3.64. The number of fused-ring (bicyclic) bond motifs is 1. The predicted molar refractivity (Wildman–Crippen MR) is 131 cm³/mol. The van der Waals surface area contributed by atoms with E-state index in [-0.39, 0.29) is 36.3 Å². The number of halogens is 1. The number of hydrogen-bond acceptors (Lipinski definition) is 5. The van der Waals surface area contributed by atoms with Gasteiger partial charge in [-0.2, -0.15) is 0 Å². The first-order chi connectivity index (χ1) is 17.4. The van der Waals surface area contributed by atoms with Gasteiger partial charge in [-0.3, -0.25) is 9.59 Å². The first-order valence-corrected chi connectivity index (χ1v) is 12.4. The van der Waals surface area contributed by atoms with Gasteiger partial charge in [-0.05, 0) is 62.4 Å². The molecule has 188 valence electrons. The standard InChI is InChI=1S/C27H30FN5O3/c1-17(20-6-8-21(28)9-7-20)31-26(34)23-14-22(24-16-36-13-12-32(23)24)27(35)33(15-19-4-5-19)18(2)25-29-10-3-11-30-25/h3,6-11,14,17-19H,4-5,12-13,15-16H2,1-2H3,(H,31,34). The molecule has 1 fully saturated rings. The third-order valence-electron chi connectivity index (χ3n) is 6.93. The molecular formula is C27H30FN5O3. The molecule has 2 aliphatic rings. The minimum Gasteiger partial charge on any atom is -0.373 e. The van der Waals surface area contributed by atoms with Crippen molar-refractivity contribution in [2.45, 2.75) is 51.9 Å². The molecule has 1 N–H and O–H groups in total. The van der Waals surface area contributed by atoms with Gasteiger partial charge in [0.1, 0.15) is 17.3 Å². The number of hydrogen-bond donors (Lipinski definition) is 1. The molecule has 0 radical (unpaired) electrons. The van der Waals surface area contributed by atoms with Crippen molar-refractivity contribution in [3.63, 3.8) is 0 Å². The van der Waals surface area contributed by atoms with E-state index in [0.717, 1.165) is 18.4 Å². The van der Waals surface area contributed by atoms with Crippen LogP contribution in [0.3, 0.4) is 0 Å². The van der Waals surface area contributed by atoms with Gasteiger partial charge in [-0.25, -0.2) is 14.4 Å². The Kier molecular flexibility index (Phi) is 6.82. The van der Waals surface area contributed by atoms with Gasteiger partial charge in [0, 0.05) is 25.5 Å². The SMILES string of the molecule is CC(NC(=O)c1cc(C(=O)N(CC2CC2)C(C)c2ncccn2)c2n1CCOC2)c1ccc(F)cc1. The molecule has 36 heavy (non-hydrogen) atoms. The fourth-order valence-corrected chi connectivity index (χ4v) is 4.62. The first-order valence-electron chi connectivity index (χ1n) is 12.4. The number of ether oxygens (including phenoxy) is 1. The summed E-state index contributed by atoms with van der Waals surface area (Å²) in [6, 6.07) is 8.84. The number of carbonyl (C=O) groups is 2. The van der Waals surface area contributed by atoms with Crippen molar-refractivity contribution in [2.24, 2.45) is 5.92 Å². The van der Waals surface area contributed by atoms with Gasteiger partial charge >= 0.3 is 0 Å². The molecule has 8 nitrogen and oxygen atoms in total. The third-order valence-corrected chi connectivity index (χ3v) is 6.93. The lowest BCUT2D eigenvalue weighted by Gasteiger charge is -2.29. The molecule has 1 aliphatic heterocycles. The topological polar surface area (TPSA) is 89.4 Å². The molecule has 0 bridgehead atoms. The second-order valence-electron chi connectivity index (χ2n) is 9.52. The fraction of sp³-hybridized carbons (Fsp3) is 0.407. The van der Waals surface area contributed by atoms with Crippen LogP contribution in [-0.4, -0.2) is 44.4 Å². The van der Waals surface area contributed by atoms with Gasteiger partial charge in [0.2, 0.25) is 0 Å². The smallest absolute Gasteiger partial charge is 0.268 e. The van der Waals surface area contributed by atoms with Gasteiger partial charge in [-0.1, -0.05) is 12.1 Å².